The van der Waals surface area contributed by atoms with Crippen molar-refractivity contribution >= 4 is 11.9 Å². The zero-order chi connectivity index (χ0) is 11.7. The van der Waals surface area contributed by atoms with E-state index in [1.54, 1.807) is 0 Å². The lowest BCUT2D eigenvalue weighted by Gasteiger charge is -1.99. The quantitative estimate of drug-likeness (QED) is 0.512. The maximum Gasteiger partial charge on any atom is 0.320 e. The molecule has 1 aliphatic rings. The van der Waals surface area contributed by atoms with E-state index >= 15 is 0 Å². The van der Waals surface area contributed by atoms with Crippen LogP contribution >= 0.6 is 0 Å². The van der Waals surface area contributed by atoms with E-state index in [9.17, 15) is 9.59 Å². The Morgan fingerprint density at radius 3 is 2.27 bits per heavy atom. The maximum atomic E-state index is 10.1. The normalized spacial score (nSPS) is 19.1. The summed E-state index contributed by atoms with van der Waals surface area (Å²) in [4.78, 5) is 19.8. The Balaban J connectivity index is 0.000000265. The second-order valence-corrected chi connectivity index (χ2v) is 3.27. The summed E-state index contributed by atoms with van der Waals surface area (Å²) in [5.41, 5.74) is 5.01. The SMILES string of the molecule is NCCCC(=O)O.O=C(O)C1CCCN1. The van der Waals surface area contributed by atoms with Gasteiger partial charge in [-0.25, -0.2) is 0 Å². The van der Waals surface area contributed by atoms with Crippen LogP contribution in [0.5, 0.6) is 0 Å². The first-order valence-corrected chi connectivity index (χ1v) is 4.96. The summed E-state index contributed by atoms with van der Waals surface area (Å²) >= 11 is 0. The third kappa shape index (κ3) is 7.90. The Kier molecular flexibility index (Phi) is 7.57. The van der Waals surface area contributed by atoms with Crippen LogP contribution in [0.25, 0.3) is 0 Å². The first kappa shape index (κ1) is 13.9. The van der Waals surface area contributed by atoms with Crippen molar-refractivity contribution in [3.63, 3.8) is 0 Å². The van der Waals surface area contributed by atoms with Gasteiger partial charge < -0.3 is 21.3 Å². The van der Waals surface area contributed by atoms with Crippen molar-refractivity contribution in [2.24, 2.45) is 5.73 Å². The van der Waals surface area contributed by atoms with Gasteiger partial charge in [0.25, 0.3) is 0 Å². The van der Waals surface area contributed by atoms with Crippen LogP contribution in [-0.2, 0) is 9.59 Å². The Morgan fingerprint density at radius 2 is 2.07 bits per heavy atom. The van der Waals surface area contributed by atoms with Crippen LogP contribution in [0, 0.1) is 0 Å². The summed E-state index contributed by atoms with van der Waals surface area (Å²) in [7, 11) is 0. The van der Waals surface area contributed by atoms with E-state index in [1.807, 2.05) is 0 Å². The zero-order valence-electron chi connectivity index (χ0n) is 8.61. The molecule has 6 nitrogen and oxygen atoms in total. The van der Waals surface area contributed by atoms with Crippen LogP contribution in [0.2, 0.25) is 0 Å². The van der Waals surface area contributed by atoms with E-state index in [4.69, 9.17) is 15.9 Å². The van der Waals surface area contributed by atoms with Crippen molar-refractivity contribution in [2.45, 2.75) is 31.7 Å². The molecule has 1 fully saturated rings. The average molecular weight is 218 g/mol. The minimum Gasteiger partial charge on any atom is -0.481 e. The summed E-state index contributed by atoms with van der Waals surface area (Å²) in [5, 5.41) is 19.2. The number of nitrogens with one attached hydrogen (secondary N) is 1. The lowest BCUT2D eigenvalue weighted by atomic mass is 10.2. The number of hydrogen-bond donors (Lipinski definition) is 4. The summed E-state index contributed by atoms with van der Waals surface area (Å²) in [6.07, 6.45) is 2.55. The van der Waals surface area contributed by atoms with Gasteiger partial charge in [0.15, 0.2) is 0 Å². The Labute approximate surface area is 88.5 Å². The Bertz CT molecular complexity index is 202. The number of aliphatic carboxylic acids is 2. The number of hydrogen-bond acceptors (Lipinski definition) is 4. The molecule has 1 unspecified atom stereocenters. The smallest absolute Gasteiger partial charge is 0.320 e. The molecule has 0 spiro atoms. The molecule has 6 heteroatoms. The predicted octanol–water partition coefficient (Wildman–Crippen LogP) is -0.367. The maximum absolute atomic E-state index is 10.1. The summed E-state index contributed by atoms with van der Waals surface area (Å²) in [5.74, 6) is -1.49. The molecule has 1 rings (SSSR count). The molecule has 0 aromatic heterocycles. The van der Waals surface area contributed by atoms with Crippen molar-refractivity contribution in [3.8, 4) is 0 Å². The monoisotopic (exact) mass is 218 g/mol. The van der Waals surface area contributed by atoms with E-state index in [1.165, 1.54) is 0 Å². The van der Waals surface area contributed by atoms with Gasteiger partial charge in [0.1, 0.15) is 6.04 Å². The van der Waals surface area contributed by atoms with Crippen molar-refractivity contribution in [1.82, 2.24) is 5.32 Å². The number of rotatable bonds is 4. The van der Waals surface area contributed by atoms with E-state index < -0.39 is 11.9 Å². The van der Waals surface area contributed by atoms with Gasteiger partial charge in [0.05, 0.1) is 0 Å². The van der Waals surface area contributed by atoms with E-state index in [0.717, 1.165) is 19.4 Å². The molecule has 0 saturated carbocycles. The molecule has 0 aromatic carbocycles. The van der Waals surface area contributed by atoms with Gasteiger partial charge in [-0.3, -0.25) is 9.59 Å². The molecule has 1 saturated heterocycles. The van der Waals surface area contributed by atoms with Gasteiger partial charge in [0.2, 0.25) is 0 Å². The minimum absolute atomic E-state index is 0.191. The van der Waals surface area contributed by atoms with Gasteiger partial charge in [-0.2, -0.15) is 0 Å². The molecule has 1 aliphatic heterocycles. The van der Waals surface area contributed by atoms with Crippen LogP contribution < -0.4 is 11.1 Å². The highest BCUT2D eigenvalue weighted by Crippen LogP contribution is 2.03. The number of nitrogens with two attached hydrogens (primary N) is 1. The average Bonchev–Trinajstić information content (AvgIpc) is 2.68. The second-order valence-electron chi connectivity index (χ2n) is 3.27. The summed E-state index contributed by atoms with van der Waals surface area (Å²) < 4.78 is 0. The molecule has 88 valence electrons. The van der Waals surface area contributed by atoms with Crippen LogP contribution in [0.1, 0.15) is 25.7 Å². The second kappa shape index (κ2) is 8.19. The number of carboxylic acids is 2. The van der Waals surface area contributed by atoms with Gasteiger partial charge in [0, 0.05) is 6.42 Å². The highest BCUT2D eigenvalue weighted by Gasteiger charge is 2.20. The molecular formula is C9H18N2O4. The standard InChI is InChI=1S/C5H9NO2.C4H9NO2/c7-5(8)4-2-1-3-6-4;5-3-1-2-4(6)7/h4,6H,1-3H2,(H,7,8);1-3,5H2,(H,6,7). The Hall–Kier alpha value is -1.14. The highest BCUT2D eigenvalue weighted by molar-refractivity contribution is 5.73. The van der Waals surface area contributed by atoms with Crippen molar-refractivity contribution < 1.29 is 19.8 Å². The fourth-order valence-electron chi connectivity index (χ4n) is 1.15. The third-order valence-electron chi connectivity index (χ3n) is 1.95. The molecule has 5 N–H and O–H groups in total. The molecule has 15 heavy (non-hydrogen) atoms. The fourth-order valence-corrected chi connectivity index (χ4v) is 1.15. The zero-order valence-corrected chi connectivity index (χ0v) is 8.61. The van der Waals surface area contributed by atoms with Gasteiger partial charge in [-0.1, -0.05) is 0 Å². The number of carboxylic acid groups (broad SMARTS) is 2. The van der Waals surface area contributed by atoms with Crippen molar-refractivity contribution in [3.05, 3.63) is 0 Å². The fraction of sp³-hybridized carbons (Fsp3) is 0.778. The van der Waals surface area contributed by atoms with Gasteiger partial charge in [-0.15, -0.1) is 0 Å². The van der Waals surface area contributed by atoms with E-state index in [-0.39, 0.29) is 12.5 Å². The van der Waals surface area contributed by atoms with Crippen LogP contribution in [-0.4, -0.2) is 41.3 Å². The third-order valence-corrected chi connectivity index (χ3v) is 1.95. The van der Waals surface area contributed by atoms with E-state index in [0.29, 0.717) is 13.0 Å². The van der Waals surface area contributed by atoms with Crippen LogP contribution in [0.3, 0.4) is 0 Å². The molecular weight excluding hydrogens is 200 g/mol. The number of carbonyl (C=O) groups is 2. The summed E-state index contributed by atoms with van der Waals surface area (Å²) in [6.45, 7) is 1.32. The topological polar surface area (TPSA) is 113 Å². The van der Waals surface area contributed by atoms with E-state index in [2.05, 4.69) is 5.32 Å². The molecule has 0 aliphatic carbocycles. The van der Waals surface area contributed by atoms with Crippen LogP contribution in [0.4, 0.5) is 0 Å². The van der Waals surface area contributed by atoms with Gasteiger partial charge in [-0.05, 0) is 32.4 Å². The Morgan fingerprint density at radius 1 is 1.40 bits per heavy atom. The molecule has 0 radical (unpaired) electrons. The molecule has 0 aromatic rings. The minimum atomic E-state index is -0.773. The first-order chi connectivity index (χ1) is 7.07. The van der Waals surface area contributed by atoms with Crippen LogP contribution in [0.15, 0.2) is 0 Å². The molecule has 0 amide bonds. The lowest BCUT2D eigenvalue weighted by Crippen LogP contribution is -2.29. The van der Waals surface area contributed by atoms with Crippen molar-refractivity contribution in [2.75, 3.05) is 13.1 Å². The first-order valence-electron chi connectivity index (χ1n) is 4.96. The molecule has 0 bridgehead atoms. The highest BCUT2D eigenvalue weighted by atomic mass is 16.4. The molecule has 1 atom stereocenters. The predicted molar refractivity (Wildman–Crippen MR) is 54.6 cm³/mol. The van der Waals surface area contributed by atoms with Gasteiger partial charge >= 0.3 is 11.9 Å². The van der Waals surface area contributed by atoms with Crippen molar-refractivity contribution in [1.29, 1.82) is 0 Å². The molecule has 1 heterocycles. The summed E-state index contributed by atoms with van der Waals surface area (Å²) in [6, 6.07) is -0.269. The lowest BCUT2D eigenvalue weighted by molar-refractivity contribution is -0.139. The largest absolute Gasteiger partial charge is 0.481 e.